The van der Waals surface area contributed by atoms with Crippen LogP contribution < -0.4 is 0 Å². The van der Waals surface area contributed by atoms with E-state index in [-0.39, 0.29) is 0 Å². The summed E-state index contributed by atoms with van der Waals surface area (Å²) in [6.45, 7) is 0. The predicted molar refractivity (Wildman–Crippen MR) is 41.4 cm³/mol. The zero-order chi connectivity index (χ0) is 6.97. The van der Waals surface area contributed by atoms with Crippen LogP contribution in [-0.4, -0.2) is 9.96 Å². The SMILES string of the molecule is O=S1CCc2ccccc21. The summed E-state index contributed by atoms with van der Waals surface area (Å²) in [5.74, 6) is 0.819. The van der Waals surface area contributed by atoms with Crippen molar-refractivity contribution in [2.75, 3.05) is 5.75 Å². The van der Waals surface area contributed by atoms with Crippen LogP contribution in [0.1, 0.15) is 5.56 Å². The Bertz CT molecular complexity index is 280. The fourth-order valence-electron chi connectivity index (χ4n) is 1.25. The van der Waals surface area contributed by atoms with Crippen molar-refractivity contribution < 1.29 is 4.21 Å². The van der Waals surface area contributed by atoms with E-state index >= 15 is 0 Å². The van der Waals surface area contributed by atoms with Gasteiger partial charge in [0.2, 0.25) is 0 Å². The van der Waals surface area contributed by atoms with E-state index in [4.69, 9.17) is 0 Å². The zero-order valence-corrected chi connectivity index (χ0v) is 6.36. The molecule has 1 aliphatic heterocycles. The second-order valence-corrected chi connectivity index (χ2v) is 3.95. The van der Waals surface area contributed by atoms with E-state index in [1.54, 1.807) is 0 Å². The second-order valence-electron chi connectivity index (χ2n) is 2.41. The van der Waals surface area contributed by atoms with Crippen molar-refractivity contribution in [3.8, 4) is 0 Å². The zero-order valence-electron chi connectivity index (χ0n) is 5.54. The lowest BCUT2D eigenvalue weighted by molar-refractivity contribution is 0.685. The predicted octanol–water partition coefficient (Wildman–Crippen LogP) is 1.35. The van der Waals surface area contributed by atoms with E-state index in [0.717, 1.165) is 17.1 Å². The summed E-state index contributed by atoms with van der Waals surface area (Å²) in [6.07, 6.45) is 0.989. The van der Waals surface area contributed by atoms with Crippen LogP contribution >= 0.6 is 0 Å². The molecule has 0 spiro atoms. The van der Waals surface area contributed by atoms with E-state index in [1.165, 1.54) is 5.56 Å². The second kappa shape index (κ2) is 2.20. The summed E-state index contributed by atoms with van der Waals surface area (Å²) in [6, 6.07) is 7.96. The smallest absolute Gasteiger partial charge is 0.0535 e. The van der Waals surface area contributed by atoms with Gasteiger partial charge in [0.1, 0.15) is 0 Å². The normalized spacial score (nSPS) is 22.6. The maximum absolute atomic E-state index is 11.2. The van der Waals surface area contributed by atoms with Gasteiger partial charge in [0.05, 0.1) is 10.8 Å². The number of benzene rings is 1. The van der Waals surface area contributed by atoms with Crippen molar-refractivity contribution in [2.24, 2.45) is 0 Å². The molecule has 0 aromatic heterocycles. The Balaban J connectivity index is 2.61. The van der Waals surface area contributed by atoms with Crippen molar-refractivity contribution in [1.82, 2.24) is 0 Å². The summed E-state index contributed by atoms with van der Waals surface area (Å²) in [7, 11) is -0.698. The summed E-state index contributed by atoms with van der Waals surface area (Å²) in [5, 5.41) is 0. The van der Waals surface area contributed by atoms with Crippen LogP contribution in [-0.2, 0) is 17.2 Å². The van der Waals surface area contributed by atoms with Crippen LogP contribution in [0.5, 0.6) is 0 Å². The Morgan fingerprint density at radius 3 is 2.90 bits per heavy atom. The summed E-state index contributed by atoms with van der Waals surface area (Å²) in [4.78, 5) is 1.04. The molecule has 1 atom stereocenters. The van der Waals surface area contributed by atoms with Crippen molar-refractivity contribution >= 4 is 10.8 Å². The minimum atomic E-state index is -0.698. The highest BCUT2D eigenvalue weighted by molar-refractivity contribution is 7.85. The first kappa shape index (κ1) is 6.10. The van der Waals surface area contributed by atoms with Gasteiger partial charge in [-0.1, -0.05) is 18.2 Å². The van der Waals surface area contributed by atoms with Crippen LogP contribution in [0.25, 0.3) is 0 Å². The van der Waals surface area contributed by atoms with Gasteiger partial charge in [0.25, 0.3) is 0 Å². The Morgan fingerprint density at radius 1 is 1.30 bits per heavy atom. The van der Waals surface area contributed by atoms with Gasteiger partial charge >= 0.3 is 0 Å². The molecule has 1 nitrogen and oxygen atoms in total. The highest BCUT2D eigenvalue weighted by Crippen LogP contribution is 2.21. The van der Waals surface area contributed by atoms with Crippen molar-refractivity contribution in [2.45, 2.75) is 11.3 Å². The molecule has 2 heteroatoms. The topological polar surface area (TPSA) is 17.1 Å². The lowest BCUT2D eigenvalue weighted by Gasteiger charge is -1.92. The Morgan fingerprint density at radius 2 is 2.10 bits per heavy atom. The minimum absolute atomic E-state index is 0.698. The van der Waals surface area contributed by atoms with Gasteiger partial charge in [-0.3, -0.25) is 4.21 Å². The van der Waals surface area contributed by atoms with Crippen LogP contribution in [0.4, 0.5) is 0 Å². The Kier molecular flexibility index (Phi) is 1.34. The lowest BCUT2D eigenvalue weighted by Crippen LogP contribution is -1.86. The molecule has 0 aliphatic carbocycles. The summed E-state index contributed by atoms with van der Waals surface area (Å²) < 4.78 is 11.2. The number of hydrogen-bond donors (Lipinski definition) is 0. The molecule has 0 saturated carbocycles. The highest BCUT2D eigenvalue weighted by atomic mass is 32.2. The average Bonchev–Trinajstić information content (AvgIpc) is 2.34. The van der Waals surface area contributed by atoms with Gasteiger partial charge in [-0.25, -0.2) is 0 Å². The van der Waals surface area contributed by atoms with Gasteiger partial charge < -0.3 is 0 Å². The molecule has 1 aromatic carbocycles. The minimum Gasteiger partial charge on any atom is -0.254 e. The fraction of sp³-hybridized carbons (Fsp3) is 0.250. The van der Waals surface area contributed by atoms with Crippen LogP contribution in [0.2, 0.25) is 0 Å². The molecular formula is C8H8OS. The Hall–Kier alpha value is -0.630. The molecule has 0 fully saturated rings. The fourth-order valence-corrected chi connectivity index (χ4v) is 2.56. The van der Waals surface area contributed by atoms with E-state index < -0.39 is 10.8 Å². The molecule has 0 saturated heterocycles. The van der Waals surface area contributed by atoms with E-state index in [1.807, 2.05) is 18.2 Å². The molecule has 0 N–H and O–H groups in total. The maximum atomic E-state index is 11.2. The number of aryl methyl sites for hydroxylation is 1. The molecule has 0 radical (unpaired) electrons. The molecule has 1 aliphatic rings. The van der Waals surface area contributed by atoms with Gasteiger partial charge in [0, 0.05) is 10.6 Å². The largest absolute Gasteiger partial charge is 0.254 e. The van der Waals surface area contributed by atoms with Crippen molar-refractivity contribution in [1.29, 1.82) is 0 Å². The van der Waals surface area contributed by atoms with E-state index in [0.29, 0.717) is 0 Å². The van der Waals surface area contributed by atoms with Gasteiger partial charge in [-0.05, 0) is 18.1 Å². The highest BCUT2D eigenvalue weighted by Gasteiger charge is 2.15. The molecule has 0 bridgehead atoms. The first-order chi connectivity index (χ1) is 4.88. The summed E-state index contributed by atoms with van der Waals surface area (Å²) >= 11 is 0. The quantitative estimate of drug-likeness (QED) is 0.548. The van der Waals surface area contributed by atoms with Crippen molar-refractivity contribution in [3.05, 3.63) is 29.8 Å². The molecule has 1 unspecified atom stereocenters. The maximum Gasteiger partial charge on any atom is 0.0535 e. The van der Waals surface area contributed by atoms with Gasteiger partial charge in [-0.2, -0.15) is 0 Å². The van der Waals surface area contributed by atoms with E-state index in [9.17, 15) is 4.21 Å². The molecule has 10 heavy (non-hydrogen) atoms. The summed E-state index contributed by atoms with van der Waals surface area (Å²) in [5.41, 5.74) is 1.26. The van der Waals surface area contributed by atoms with Gasteiger partial charge in [-0.15, -0.1) is 0 Å². The molecule has 2 rings (SSSR count). The standard InChI is InChI=1S/C8H8OS/c9-10-6-5-7-3-1-2-4-8(7)10/h1-4H,5-6H2. The first-order valence-corrected chi connectivity index (χ1v) is 4.66. The Labute approximate surface area is 62.5 Å². The van der Waals surface area contributed by atoms with Crippen LogP contribution in [0, 0.1) is 0 Å². The molecule has 1 heterocycles. The molecular weight excluding hydrogens is 144 g/mol. The third-order valence-electron chi connectivity index (χ3n) is 1.77. The lowest BCUT2D eigenvalue weighted by atomic mass is 10.2. The molecule has 1 aromatic rings. The molecule has 52 valence electrons. The van der Waals surface area contributed by atoms with E-state index in [2.05, 4.69) is 6.07 Å². The number of fused-ring (bicyclic) bond motifs is 1. The average molecular weight is 152 g/mol. The monoisotopic (exact) mass is 152 g/mol. The third kappa shape index (κ3) is 0.797. The third-order valence-corrected chi connectivity index (χ3v) is 3.24. The van der Waals surface area contributed by atoms with Gasteiger partial charge in [0.15, 0.2) is 0 Å². The van der Waals surface area contributed by atoms with Crippen LogP contribution in [0.15, 0.2) is 29.2 Å². The van der Waals surface area contributed by atoms with Crippen molar-refractivity contribution in [3.63, 3.8) is 0 Å². The van der Waals surface area contributed by atoms with Crippen LogP contribution in [0.3, 0.4) is 0 Å². The number of rotatable bonds is 0. The number of hydrogen-bond acceptors (Lipinski definition) is 1. The molecule has 0 amide bonds. The first-order valence-electron chi connectivity index (χ1n) is 3.34.